The van der Waals surface area contributed by atoms with Crippen molar-refractivity contribution in [3.63, 3.8) is 0 Å². The van der Waals surface area contributed by atoms with Crippen molar-refractivity contribution in [1.82, 2.24) is 4.90 Å². The lowest BCUT2D eigenvalue weighted by Gasteiger charge is -2.13. The number of ketones is 1. The first-order valence-corrected chi connectivity index (χ1v) is 7.06. The van der Waals surface area contributed by atoms with Crippen LogP contribution in [-0.4, -0.2) is 30.3 Å². The van der Waals surface area contributed by atoms with E-state index >= 15 is 0 Å². The van der Waals surface area contributed by atoms with E-state index in [1.165, 1.54) is 25.9 Å². The van der Waals surface area contributed by atoms with Gasteiger partial charge in [0.2, 0.25) is 0 Å². The monoisotopic (exact) mass is 265 g/mol. The molecule has 1 aromatic carbocycles. The van der Waals surface area contributed by atoms with Gasteiger partial charge < -0.3 is 4.90 Å². The minimum Gasteiger partial charge on any atom is -0.303 e. The first-order valence-electron chi connectivity index (χ1n) is 6.68. The maximum Gasteiger partial charge on any atom is 0.164 e. The number of carbonyl (C=O) groups is 1. The Labute approximate surface area is 114 Å². The topological polar surface area (TPSA) is 20.3 Å². The van der Waals surface area contributed by atoms with Gasteiger partial charge in [0, 0.05) is 12.0 Å². The molecule has 0 aromatic heterocycles. The van der Waals surface area contributed by atoms with Gasteiger partial charge in [0.15, 0.2) is 5.78 Å². The molecule has 2 rings (SSSR count). The Bertz CT molecular complexity index is 425. The van der Waals surface area contributed by atoms with Crippen LogP contribution >= 0.6 is 11.6 Å². The lowest BCUT2D eigenvalue weighted by molar-refractivity contribution is 0.0976. The van der Waals surface area contributed by atoms with Gasteiger partial charge in [-0.1, -0.05) is 17.7 Å². The Hall–Kier alpha value is -0.860. The van der Waals surface area contributed by atoms with Crippen LogP contribution in [0.2, 0.25) is 5.02 Å². The summed E-state index contributed by atoms with van der Waals surface area (Å²) in [4.78, 5) is 14.5. The van der Waals surface area contributed by atoms with Crippen molar-refractivity contribution in [2.24, 2.45) is 0 Å². The molecule has 1 saturated heterocycles. The zero-order valence-electron chi connectivity index (χ0n) is 10.9. The largest absolute Gasteiger partial charge is 0.303 e. The Morgan fingerprint density at radius 2 is 2.06 bits per heavy atom. The molecule has 0 aliphatic carbocycles. The molecule has 3 heteroatoms. The maximum atomic E-state index is 12.0. The first-order chi connectivity index (χ1) is 8.66. The Balaban J connectivity index is 1.83. The summed E-state index contributed by atoms with van der Waals surface area (Å²) in [7, 11) is 0. The average Bonchev–Trinajstić information content (AvgIpc) is 2.81. The molecule has 0 amide bonds. The molecule has 1 aliphatic rings. The normalized spacial score (nSPS) is 16.1. The number of likely N-dealkylation sites (tertiary alicyclic amines) is 1. The van der Waals surface area contributed by atoms with E-state index in [9.17, 15) is 4.79 Å². The minimum absolute atomic E-state index is 0.166. The van der Waals surface area contributed by atoms with Gasteiger partial charge in [0.25, 0.3) is 0 Å². The number of halogens is 1. The molecule has 1 fully saturated rings. The van der Waals surface area contributed by atoms with E-state index in [4.69, 9.17) is 11.6 Å². The molecule has 1 heterocycles. The lowest BCUT2D eigenvalue weighted by atomic mass is 10.0. The summed E-state index contributed by atoms with van der Waals surface area (Å²) in [5.74, 6) is 0.166. The molecule has 18 heavy (non-hydrogen) atoms. The van der Waals surface area contributed by atoms with Crippen molar-refractivity contribution in [2.45, 2.75) is 32.6 Å². The van der Waals surface area contributed by atoms with Crippen LogP contribution in [0.3, 0.4) is 0 Å². The first kappa shape index (κ1) is 13.6. The maximum absolute atomic E-state index is 12.0. The molecule has 0 unspecified atom stereocenters. The number of aryl methyl sites for hydroxylation is 1. The van der Waals surface area contributed by atoms with Crippen LogP contribution in [-0.2, 0) is 0 Å². The van der Waals surface area contributed by atoms with Crippen LogP contribution in [0.15, 0.2) is 18.2 Å². The van der Waals surface area contributed by atoms with Crippen molar-refractivity contribution in [1.29, 1.82) is 0 Å². The predicted molar refractivity (Wildman–Crippen MR) is 75.4 cm³/mol. The van der Waals surface area contributed by atoms with E-state index in [0.717, 1.165) is 18.5 Å². The van der Waals surface area contributed by atoms with Crippen LogP contribution in [0.25, 0.3) is 0 Å². The second-order valence-corrected chi connectivity index (χ2v) is 5.47. The van der Waals surface area contributed by atoms with E-state index in [1.807, 2.05) is 25.1 Å². The van der Waals surface area contributed by atoms with Gasteiger partial charge >= 0.3 is 0 Å². The molecule has 0 spiro atoms. The summed E-state index contributed by atoms with van der Waals surface area (Å²) in [5.41, 5.74) is 1.76. The highest BCUT2D eigenvalue weighted by atomic mass is 35.5. The number of hydrogen-bond acceptors (Lipinski definition) is 2. The van der Waals surface area contributed by atoms with Gasteiger partial charge in [-0.05, 0) is 63.5 Å². The standard InChI is InChI=1S/C15H20ClNO/c1-12-6-7-13(14(16)11-12)15(18)5-4-10-17-8-2-3-9-17/h6-7,11H,2-5,8-10H2,1H3. The van der Waals surface area contributed by atoms with Gasteiger partial charge in [-0.15, -0.1) is 0 Å². The highest BCUT2D eigenvalue weighted by molar-refractivity contribution is 6.34. The molecule has 0 bridgehead atoms. The Kier molecular flexibility index (Phi) is 4.79. The number of rotatable bonds is 5. The van der Waals surface area contributed by atoms with Crippen molar-refractivity contribution < 1.29 is 4.79 Å². The Morgan fingerprint density at radius 1 is 1.33 bits per heavy atom. The van der Waals surface area contributed by atoms with Gasteiger partial charge in [0.1, 0.15) is 0 Å². The van der Waals surface area contributed by atoms with Crippen molar-refractivity contribution in [3.8, 4) is 0 Å². The van der Waals surface area contributed by atoms with E-state index in [-0.39, 0.29) is 5.78 Å². The number of hydrogen-bond donors (Lipinski definition) is 0. The number of Topliss-reactive ketones (excluding diaryl/α,β-unsaturated/α-hetero) is 1. The fraction of sp³-hybridized carbons (Fsp3) is 0.533. The van der Waals surface area contributed by atoms with Gasteiger partial charge in [-0.3, -0.25) is 4.79 Å². The molecule has 0 saturated carbocycles. The third kappa shape index (κ3) is 3.56. The highest BCUT2D eigenvalue weighted by Crippen LogP contribution is 2.20. The van der Waals surface area contributed by atoms with Gasteiger partial charge in [-0.2, -0.15) is 0 Å². The number of carbonyl (C=O) groups excluding carboxylic acids is 1. The second kappa shape index (κ2) is 6.35. The van der Waals surface area contributed by atoms with Crippen LogP contribution in [0, 0.1) is 6.92 Å². The third-order valence-electron chi connectivity index (χ3n) is 3.50. The van der Waals surface area contributed by atoms with Crippen molar-refractivity contribution >= 4 is 17.4 Å². The lowest BCUT2D eigenvalue weighted by Crippen LogP contribution is -2.21. The minimum atomic E-state index is 0.166. The van der Waals surface area contributed by atoms with E-state index in [0.29, 0.717) is 17.0 Å². The molecule has 0 N–H and O–H groups in total. The molecule has 2 nitrogen and oxygen atoms in total. The van der Waals surface area contributed by atoms with Crippen LogP contribution in [0.4, 0.5) is 0 Å². The highest BCUT2D eigenvalue weighted by Gasteiger charge is 2.13. The predicted octanol–water partition coefficient (Wildman–Crippen LogP) is 3.71. The quantitative estimate of drug-likeness (QED) is 0.757. The van der Waals surface area contributed by atoms with Gasteiger partial charge in [0.05, 0.1) is 5.02 Å². The SMILES string of the molecule is Cc1ccc(C(=O)CCCN2CCCC2)c(Cl)c1. The smallest absolute Gasteiger partial charge is 0.164 e. The number of nitrogens with zero attached hydrogens (tertiary/aromatic N) is 1. The molecule has 1 aromatic rings. The summed E-state index contributed by atoms with van der Waals surface area (Å²) < 4.78 is 0. The second-order valence-electron chi connectivity index (χ2n) is 5.06. The number of benzene rings is 1. The average molecular weight is 266 g/mol. The molecular formula is C15H20ClNO. The van der Waals surface area contributed by atoms with Crippen molar-refractivity contribution in [3.05, 3.63) is 34.3 Å². The van der Waals surface area contributed by atoms with Crippen molar-refractivity contribution in [2.75, 3.05) is 19.6 Å². The van der Waals surface area contributed by atoms with Crippen LogP contribution in [0.1, 0.15) is 41.6 Å². The molecule has 1 aliphatic heterocycles. The molecule has 0 atom stereocenters. The summed E-state index contributed by atoms with van der Waals surface area (Å²) in [6, 6.07) is 5.64. The van der Waals surface area contributed by atoms with Crippen LogP contribution in [0.5, 0.6) is 0 Å². The van der Waals surface area contributed by atoms with E-state index < -0.39 is 0 Å². The fourth-order valence-corrected chi connectivity index (χ4v) is 2.79. The van der Waals surface area contributed by atoms with Crippen LogP contribution < -0.4 is 0 Å². The van der Waals surface area contributed by atoms with E-state index in [2.05, 4.69) is 4.90 Å². The fourth-order valence-electron chi connectivity index (χ4n) is 2.45. The zero-order chi connectivity index (χ0) is 13.0. The molecule has 98 valence electrons. The van der Waals surface area contributed by atoms with Gasteiger partial charge in [-0.25, -0.2) is 0 Å². The molecular weight excluding hydrogens is 246 g/mol. The zero-order valence-corrected chi connectivity index (χ0v) is 11.7. The van der Waals surface area contributed by atoms with E-state index in [1.54, 1.807) is 0 Å². The molecule has 0 radical (unpaired) electrons. The summed E-state index contributed by atoms with van der Waals surface area (Å²) in [5, 5.41) is 0.584. The summed E-state index contributed by atoms with van der Waals surface area (Å²) in [6.45, 7) is 5.40. The summed E-state index contributed by atoms with van der Waals surface area (Å²) in [6.07, 6.45) is 4.14. The summed E-state index contributed by atoms with van der Waals surface area (Å²) >= 11 is 6.10. The Morgan fingerprint density at radius 3 is 2.72 bits per heavy atom. The third-order valence-corrected chi connectivity index (χ3v) is 3.81.